The summed E-state index contributed by atoms with van der Waals surface area (Å²) in [5.74, 6) is 2.19. The predicted octanol–water partition coefficient (Wildman–Crippen LogP) is 2.06. The molecule has 1 saturated heterocycles. The highest BCUT2D eigenvalue weighted by Crippen LogP contribution is 2.21. The van der Waals surface area contributed by atoms with Crippen LogP contribution in [-0.4, -0.2) is 37.2 Å². The molecule has 2 heterocycles. The Labute approximate surface area is 115 Å². The normalized spacial score (nSPS) is 21.5. The molecule has 4 heteroatoms. The van der Waals surface area contributed by atoms with Gasteiger partial charge in [-0.2, -0.15) is 0 Å². The van der Waals surface area contributed by atoms with Gasteiger partial charge in [0.2, 0.25) is 0 Å². The minimum Gasteiger partial charge on any atom is -0.463 e. The van der Waals surface area contributed by atoms with E-state index in [-0.39, 0.29) is 0 Å². The zero-order valence-electron chi connectivity index (χ0n) is 11.8. The minimum atomic E-state index is 0.732. The molecule has 0 aromatic carbocycles. The summed E-state index contributed by atoms with van der Waals surface area (Å²) in [5, 5.41) is 3.51. The van der Waals surface area contributed by atoms with E-state index in [1.54, 1.807) is 0 Å². The lowest BCUT2D eigenvalue weighted by molar-refractivity contribution is 0.139. The van der Waals surface area contributed by atoms with Gasteiger partial charge in [-0.05, 0) is 37.8 Å². The van der Waals surface area contributed by atoms with Crippen molar-refractivity contribution in [3.05, 3.63) is 23.2 Å². The lowest BCUT2D eigenvalue weighted by Gasteiger charge is -2.17. The first-order valence-electron chi connectivity index (χ1n) is 7.43. The Hall–Kier alpha value is -0.840. The lowest BCUT2D eigenvalue weighted by Crippen LogP contribution is -2.25. The van der Waals surface area contributed by atoms with Gasteiger partial charge in [0.25, 0.3) is 0 Å². The van der Waals surface area contributed by atoms with Gasteiger partial charge in [0, 0.05) is 25.7 Å². The van der Waals surface area contributed by atoms with Crippen LogP contribution in [0.1, 0.15) is 36.3 Å². The van der Waals surface area contributed by atoms with Crippen molar-refractivity contribution in [2.45, 2.75) is 45.3 Å². The fraction of sp³-hybridized carbons (Fsp3) is 0.733. The van der Waals surface area contributed by atoms with Crippen LogP contribution in [0.3, 0.4) is 0 Å². The van der Waals surface area contributed by atoms with Gasteiger partial charge in [0.05, 0.1) is 19.7 Å². The number of rotatable bonds is 5. The molecule has 0 amide bonds. The molecule has 2 fully saturated rings. The molecule has 1 N–H and O–H groups in total. The van der Waals surface area contributed by atoms with Crippen LogP contribution in [0.15, 0.2) is 10.5 Å². The largest absolute Gasteiger partial charge is 0.463 e. The molecular weight excluding hydrogens is 240 g/mol. The molecule has 19 heavy (non-hydrogen) atoms. The fourth-order valence-corrected chi connectivity index (χ4v) is 2.54. The quantitative estimate of drug-likeness (QED) is 0.883. The molecule has 1 aromatic rings. The zero-order valence-corrected chi connectivity index (χ0v) is 11.8. The molecule has 0 unspecified atom stereocenters. The van der Waals surface area contributed by atoms with Crippen LogP contribution in [0.25, 0.3) is 0 Å². The standard InChI is InChI=1S/C15H24N2O2/c1-12-9-14(11-17-5-2-7-18-8-6-17)19-15(12)10-16-13-3-4-13/h9,13,16H,2-8,10-11H2,1H3. The monoisotopic (exact) mass is 264 g/mol. The van der Waals surface area contributed by atoms with E-state index in [0.29, 0.717) is 0 Å². The summed E-state index contributed by atoms with van der Waals surface area (Å²) in [6.07, 6.45) is 3.76. The van der Waals surface area contributed by atoms with Crippen LogP contribution >= 0.6 is 0 Å². The van der Waals surface area contributed by atoms with Crippen molar-refractivity contribution in [3.8, 4) is 0 Å². The molecule has 3 rings (SSSR count). The van der Waals surface area contributed by atoms with Gasteiger partial charge in [0.1, 0.15) is 11.5 Å². The molecule has 1 aliphatic heterocycles. The van der Waals surface area contributed by atoms with E-state index in [0.717, 1.165) is 63.4 Å². The van der Waals surface area contributed by atoms with Gasteiger partial charge in [0.15, 0.2) is 0 Å². The van der Waals surface area contributed by atoms with Crippen molar-refractivity contribution in [1.82, 2.24) is 10.2 Å². The minimum absolute atomic E-state index is 0.732. The Morgan fingerprint density at radius 3 is 3.05 bits per heavy atom. The number of nitrogens with one attached hydrogen (secondary N) is 1. The van der Waals surface area contributed by atoms with Crippen molar-refractivity contribution in [1.29, 1.82) is 0 Å². The second-order valence-electron chi connectivity index (χ2n) is 5.72. The Kier molecular flexibility index (Phi) is 4.21. The second-order valence-corrected chi connectivity index (χ2v) is 5.72. The van der Waals surface area contributed by atoms with Gasteiger partial charge in [-0.25, -0.2) is 0 Å². The first-order chi connectivity index (χ1) is 9.31. The predicted molar refractivity (Wildman–Crippen MR) is 74.0 cm³/mol. The number of hydrogen-bond acceptors (Lipinski definition) is 4. The summed E-state index contributed by atoms with van der Waals surface area (Å²) in [4.78, 5) is 2.42. The molecule has 0 radical (unpaired) electrons. The number of aryl methyl sites for hydroxylation is 1. The lowest BCUT2D eigenvalue weighted by atomic mass is 10.2. The van der Waals surface area contributed by atoms with E-state index >= 15 is 0 Å². The zero-order chi connectivity index (χ0) is 13.1. The Morgan fingerprint density at radius 2 is 2.21 bits per heavy atom. The topological polar surface area (TPSA) is 37.6 Å². The molecule has 0 bridgehead atoms. The summed E-state index contributed by atoms with van der Waals surface area (Å²) in [5.41, 5.74) is 1.27. The van der Waals surface area contributed by atoms with Crippen molar-refractivity contribution in [2.24, 2.45) is 0 Å². The maximum Gasteiger partial charge on any atom is 0.120 e. The van der Waals surface area contributed by atoms with E-state index in [4.69, 9.17) is 9.15 Å². The van der Waals surface area contributed by atoms with Gasteiger partial charge >= 0.3 is 0 Å². The Morgan fingerprint density at radius 1 is 1.32 bits per heavy atom. The van der Waals surface area contributed by atoms with Gasteiger partial charge < -0.3 is 14.5 Å². The number of nitrogens with zero attached hydrogens (tertiary/aromatic N) is 1. The molecule has 1 aliphatic carbocycles. The maximum atomic E-state index is 5.99. The van der Waals surface area contributed by atoms with Crippen LogP contribution in [0, 0.1) is 6.92 Å². The van der Waals surface area contributed by atoms with Gasteiger partial charge in [-0.3, -0.25) is 4.90 Å². The molecular formula is C15H24N2O2. The van der Waals surface area contributed by atoms with Crippen LogP contribution in [-0.2, 0) is 17.8 Å². The van der Waals surface area contributed by atoms with Crippen molar-refractivity contribution in [2.75, 3.05) is 26.3 Å². The van der Waals surface area contributed by atoms with Gasteiger partial charge in [-0.15, -0.1) is 0 Å². The van der Waals surface area contributed by atoms with Crippen LogP contribution in [0.5, 0.6) is 0 Å². The van der Waals surface area contributed by atoms with Gasteiger partial charge in [-0.1, -0.05) is 0 Å². The number of ether oxygens (including phenoxy) is 1. The average Bonchev–Trinajstić information content (AvgIpc) is 3.17. The smallest absolute Gasteiger partial charge is 0.120 e. The molecule has 1 saturated carbocycles. The maximum absolute atomic E-state index is 5.99. The summed E-state index contributed by atoms with van der Waals surface area (Å²) in [6, 6.07) is 2.92. The number of furan rings is 1. The third kappa shape index (κ3) is 3.81. The summed E-state index contributed by atoms with van der Waals surface area (Å²) in [6.45, 7) is 7.78. The van der Waals surface area contributed by atoms with E-state index in [1.807, 2.05) is 0 Å². The van der Waals surface area contributed by atoms with Crippen molar-refractivity contribution in [3.63, 3.8) is 0 Å². The van der Waals surface area contributed by atoms with E-state index in [2.05, 4.69) is 23.2 Å². The SMILES string of the molecule is Cc1cc(CN2CCCOCC2)oc1CNC1CC1. The number of hydrogen-bond donors (Lipinski definition) is 1. The van der Waals surface area contributed by atoms with E-state index in [9.17, 15) is 0 Å². The molecule has 4 nitrogen and oxygen atoms in total. The molecule has 0 atom stereocenters. The van der Waals surface area contributed by atoms with Crippen LogP contribution < -0.4 is 5.32 Å². The van der Waals surface area contributed by atoms with E-state index in [1.165, 1.54) is 18.4 Å². The summed E-state index contributed by atoms with van der Waals surface area (Å²) < 4.78 is 11.5. The summed E-state index contributed by atoms with van der Waals surface area (Å²) >= 11 is 0. The third-order valence-corrected chi connectivity index (χ3v) is 3.89. The summed E-state index contributed by atoms with van der Waals surface area (Å²) in [7, 11) is 0. The van der Waals surface area contributed by atoms with Crippen LogP contribution in [0.2, 0.25) is 0 Å². The first-order valence-corrected chi connectivity index (χ1v) is 7.43. The molecule has 2 aliphatic rings. The first kappa shape index (κ1) is 13.2. The second kappa shape index (κ2) is 6.07. The van der Waals surface area contributed by atoms with Crippen molar-refractivity contribution < 1.29 is 9.15 Å². The third-order valence-electron chi connectivity index (χ3n) is 3.89. The molecule has 1 aromatic heterocycles. The highest BCUT2D eigenvalue weighted by atomic mass is 16.5. The molecule has 0 spiro atoms. The Bertz CT molecular complexity index is 404. The average molecular weight is 264 g/mol. The fourth-order valence-electron chi connectivity index (χ4n) is 2.54. The highest BCUT2D eigenvalue weighted by molar-refractivity contribution is 5.20. The highest BCUT2D eigenvalue weighted by Gasteiger charge is 2.21. The van der Waals surface area contributed by atoms with E-state index < -0.39 is 0 Å². The van der Waals surface area contributed by atoms with Crippen molar-refractivity contribution >= 4 is 0 Å². The molecule has 106 valence electrons. The van der Waals surface area contributed by atoms with Crippen LogP contribution in [0.4, 0.5) is 0 Å². The Balaban J connectivity index is 1.55.